The maximum Gasteiger partial charge on any atom is 0.325 e. The lowest BCUT2D eigenvalue weighted by Gasteiger charge is -2.52. The lowest BCUT2D eigenvalue weighted by atomic mass is 9.67. The Morgan fingerprint density at radius 3 is 2.36 bits per heavy atom. The molecule has 212 valence electrons. The summed E-state index contributed by atoms with van der Waals surface area (Å²) >= 11 is 0. The molecule has 5 rings (SSSR count). The van der Waals surface area contributed by atoms with E-state index in [9.17, 15) is 9.90 Å². The van der Waals surface area contributed by atoms with Gasteiger partial charge in [0.05, 0.1) is 49.3 Å². The number of morpholine rings is 1. The van der Waals surface area contributed by atoms with Gasteiger partial charge in [0, 0.05) is 18.6 Å². The standard InChI is InChI=1S/C30H44N6O3/c1-4-25(21-32-26(31)34-17-19-39-20-18-34)35-22-28(36(27(35)37)23-29(38)11-8-12-29)13-15-30(16-14-28,33(2)3)24-9-6-5-7-10-24/h4-7,9-10,21,38H,1,8,11-20,22-23H2,2-3H3,(H2,31,32)/b25-21+. The van der Waals surface area contributed by atoms with E-state index in [1.54, 1.807) is 17.2 Å². The van der Waals surface area contributed by atoms with Crippen LogP contribution in [-0.2, 0) is 10.3 Å². The summed E-state index contributed by atoms with van der Waals surface area (Å²) in [7, 11) is 4.31. The minimum atomic E-state index is -0.800. The molecule has 2 aliphatic carbocycles. The largest absolute Gasteiger partial charge is 0.388 e. The van der Waals surface area contributed by atoms with Gasteiger partial charge < -0.3 is 25.4 Å². The summed E-state index contributed by atoms with van der Waals surface area (Å²) in [6, 6.07) is 10.6. The van der Waals surface area contributed by atoms with E-state index in [0.717, 1.165) is 44.9 Å². The number of aliphatic hydroxyl groups is 1. The van der Waals surface area contributed by atoms with Crippen LogP contribution in [0.3, 0.4) is 0 Å². The van der Waals surface area contributed by atoms with Gasteiger partial charge in [-0.15, -0.1) is 0 Å². The quantitative estimate of drug-likeness (QED) is 0.316. The fourth-order valence-electron chi connectivity index (χ4n) is 6.81. The number of benzene rings is 1. The molecule has 2 heterocycles. The van der Waals surface area contributed by atoms with Crippen molar-refractivity contribution in [1.29, 1.82) is 0 Å². The zero-order chi connectivity index (χ0) is 27.7. The van der Waals surface area contributed by atoms with E-state index in [1.165, 1.54) is 5.56 Å². The van der Waals surface area contributed by atoms with E-state index < -0.39 is 5.60 Å². The van der Waals surface area contributed by atoms with Crippen LogP contribution in [0.15, 0.2) is 59.9 Å². The number of rotatable bonds is 7. The van der Waals surface area contributed by atoms with Gasteiger partial charge in [0.25, 0.3) is 0 Å². The normalized spacial score (nSPS) is 29.7. The van der Waals surface area contributed by atoms with Crippen LogP contribution < -0.4 is 5.73 Å². The molecule has 9 nitrogen and oxygen atoms in total. The predicted molar refractivity (Wildman–Crippen MR) is 153 cm³/mol. The number of urea groups is 1. The SMILES string of the molecule is C=C/C(=C\N=C(N)N1CCOCC1)N1CC2(CCC(c3ccccc3)(N(C)C)CC2)N(CC2(O)CCC2)C1=O. The lowest BCUT2D eigenvalue weighted by molar-refractivity contribution is -0.0725. The fourth-order valence-corrected chi connectivity index (χ4v) is 6.81. The highest BCUT2D eigenvalue weighted by atomic mass is 16.5. The van der Waals surface area contributed by atoms with Crippen LogP contribution in [0.5, 0.6) is 0 Å². The van der Waals surface area contributed by atoms with Crippen molar-refractivity contribution < 1.29 is 14.6 Å². The third-order valence-electron chi connectivity index (χ3n) is 9.58. The Kier molecular flexibility index (Phi) is 7.77. The number of hydrogen-bond donors (Lipinski definition) is 2. The summed E-state index contributed by atoms with van der Waals surface area (Å²) in [5, 5.41) is 11.2. The minimum Gasteiger partial charge on any atom is -0.388 e. The van der Waals surface area contributed by atoms with Crippen LogP contribution in [0.4, 0.5) is 4.79 Å². The van der Waals surface area contributed by atoms with Crippen LogP contribution in [0.25, 0.3) is 0 Å². The highest BCUT2D eigenvalue weighted by Gasteiger charge is 2.56. The summed E-state index contributed by atoms with van der Waals surface area (Å²) in [6.07, 6.45) is 9.36. The smallest absolute Gasteiger partial charge is 0.325 e. The molecule has 2 aliphatic heterocycles. The second-order valence-corrected chi connectivity index (χ2v) is 11.9. The molecule has 3 N–H and O–H groups in total. The van der Waals surface area contributed by atoms with E-state index in [2.05, 4.69) is 60.9 Å². The highest BCUT2D eigenvalue weighted by Crippen LogP contribution is 2.50. The highest BCUT2D eigenvalue weighted by molar-refractivity contribution is 5.82. The molecule has 1 aromatic rings. The Bertz CT molecular complexity index is 1100. The van der Waals surface area contributed by atoms with E-state index in [0.29, 0.717) is 51.0 Å². The van der Waals surface area contributed by atoms with Gasteiger partial charge in [-0.3, -0.25) is 9.80 Å². The first-order valence-corrected chi connectivity index (χ1v) is 14.3. The summed E-state index contributed by atoms with van der Waals surface area (Å²) < 4.78 is 5.41. The molecule has 2 saturated carbocycles. The van der Waals surface area contributed by atoms with Crippen LogP contribution in [-0.4, -0.2) is 101 Å². The van der Waals surface area contributed by atoms with Gasteiger partial charge in [0.1, 0.15) is 0 Å². The molecule has 9 heteroatoms. The molecule has 1 spiro atoms. The first-order valence-electron chi connectivity index (χ1n) is 14.3. The number of hydrogen-bond acceptors (Lipinski definition) is 5. The maximum atomic E-state index is 14.0. The molecule has 4 aliphatic rings. The van der Waals surface area contributed by atoms with Crippen molar-refractivity contribution in [2.75, 3.05) is 53.5 Å². The maximum absolute atomic E-state index is 14.0. The fraction of sp³-hybridized carbons (Fsp3) is 0.600. The molecule has 0 bridgehead atoms. The second kappa shape index (κ2) is 10.9. The molecule has 1 aromatic carbocycles. The summed E-state index contributed by atoms with van der Waals surface area (Å²) in [6.45, 7) is 7.54. The number of carbonyl (C=O) groups excluding carboxylic acids is 1. The van der Waals surface area contributed by atoms with Crippen LogP contribution in [0, 0.1) is 0 Å². The van der Waals surface area contributed by atoms with Gasteiger partial charge in [-0.25, -0.2) is 9.79 Å². The zero-order valence-corrected chi connectivity index (χ0v) is 23.5. The molecule has 4 fully saturated rings. The monoisotopic (exact) mass is 536 g/mol. The minimum absolute atomic E-state index is 0.0846. The molecule has 0 aromatic heterocycles. The molecule has 39 heavy (non-hydrogen) atoms. The number of allylic oxidation sites excluding steroid dienone is 1. The number of guanidine groups is 1. The second-order valence-electron chi connectivity index (χ2n) is 11.9. The Labute approximate surface area is 232 Å². The van der Waals surface area contributed by atoms with Crippen LogP contribution >= 0.6 is 0 Å². The first kappa shape index (κ1) is 27.7. The number of nitrogens with zero attached hydrogens (tertiary/aromatic N) is 5. The Hall–Kier alpha value is -2.88. The molecule has 0 atom stereocenters. The molecule has 0 unspecified atom stereocenters. The van der Waals surface area contributed by atoms with Gasteiger partial charge >= 0.3 is 6.03 Å². The number of ether oxygens (including phenoxy) is 1. The van der Waals surface area contributed by atoms with E-state index >= 15 is 0 Å². The summed E-state index contributed by atoms with van der Waals surface area (Å²) in [5.74, 6) is 0.413. The van der Waals surface area contributed by atoms with Crippen LogP contribution in [0.1, 0.15) is 50.5 Å². The topological polar surface area (TPSA) is 97.9 Å². The van der Waals surface area contributed by atoms with Crippen molar-refractivity contribution in [2.45, 2.75) is 61.6 Å². The molecule has 2 amide bonds. The lowest BCUT2D eigenvalue weighted by Crippen LogP contribution is -2.59. The Balaban J connectivity index is 1.42. The number of amides is 2. The van der Waals surface area contributed by atoms with Gasteiger partial charge in [0.15, 0.2) is 5.96 Å². The third kappa shape index (κ3) is 5.19. The Morgan fingerprint density at radius 1 is 1.13 bits per heavy atom. The molecular weight excluding hydrogens is 492 g/mol. The molecule has 0 radical (unpaired) electrons. The van der Waals surface area contributed by atoms with Crippen molar-refractivity contribution in [3.8, 4) is 0 Å². The average molecular weight is 537 g/mol. The number of β-amino-alcohol motifs (C(OH)–C–C–N with tert-alkyl or cyclic N) is 1. The summed E-state index contributed by atoms with van der Waals surface area (Å²) in [4.78, 5) is 26.6. The van der Waals surface area contributed by atoms with Crippen molar-refractivity contribution in [2.24, 2.45) is 10.7 Å². The van der Waals surface area contributed by atoms with Crippen molar-refractivity contribution in [1.82, 2.24) is 19.6 Å². The number of aliphatic imine (C=N–C) groups is 1. The number of nitrogens with two attached hydrogens (primary N) is 1. The van der Waals surface area contributed by atoms with E-state index in [-0.39, 0.29) is 17.1 Å². The average Bonchev–Trinajstić information content (AvgIpc) is 3.20. The zero-order valence-electron chi connectivity index (χ0n) is 23.5. The Morgan fingerprint density at radius 2 is 1.79 bits per heavy atom. The number of carbonyl (C=O) groups is 1. The van der Waals surface area contributed by atoms with Crippen molar-refractivity contribution >= 4 is 12.0 Å². The van der Waals surface area contributed by atoms with Gasteiger partial charge in [0.2, 0.25) is 0 Å². The first-order chi connectivity index (χ1) is 18.7. The predicted octanol–water partition coefficient (Wildman–Crippen LogP) is 3.08. The van der Waals surface area contributed by atoms with Crippen molar-refractivity contribution in [3.05, 3.63) is 60.4 Å². The third-order valence-corrected chi connectivity index (χ3v) is 9.58. The van der Waals surface area contributed by atoms with Crippen molar-refractivity contribution in [3.63, 3.8) is 0 Å². The molecular formula is C30H44N6O3. The van der Waals surface area contributed by atoms with Gasteiger partial charge in [-0.1, -0.05) is 36.9 Å². The molecule has 2 saturated heterocycles. The summed E-state index contributed by atoms with van der Waals surface area (Å²) in [5.41, 5.74) is 6.96. The van der Waals surface area contributed by atoms with E-state index in [4.69, 9.17) is 10.5 Å². The van der Waals surface area contributed by atoms with Gasteiger partial charge in [-0.05, 0) is 70.7 Å². The van der Waals surface area contributed by atoms with E-state index in [1.807, 2.05) is 9.80 Å². The van der Waals surface area contributed by atoms with Gasteiger partial charge in [-0.2, -0.15) is 0 Å². The van der Waals surface area contributed by atoms with Crippen LogP contribution in [0.2, 0.25) is 0 Å².